The van der Waals surface area contributed by atoms with Gasteiger partial charge in [0, 0.05) is 22.0 Å². The van der Waals surface area contributed by atoms with Gasteiger partial charge in [0.25, 0.3) is 0 Å². The number of aromatic nitrogens is 2. The summed E-state index contributed by atoms with van der Waals surface area (Å²) in [5.41, 5.74) is -0.696. The van der Waals surface area contributed by atoms with E-state index >= 15 is 0 Å². The van der Waals surface area contributed by atoms with Crippen molar-refractivity contribution in [3.63, 3.8) is 0 Å². The van der Waals surface area contributed by atoms with E-state index in [1.807, 2.05) is 0 Å². The first-order valence-electron chi connectivity index (χ1n) is 8.92. The van der Waals surface area contributed by atoms with Crippen LogP contribution in [-0.2, 0) is 15.9 Å². The minimum Gasteiger partial charge on any atom is -0.471 e. The number of ether oxygens (including phenoxy) is 1. The monoisotopic (exact) mass is 430 g/mol. The summed E-state index contributed by atoms with van der Waals surface area (Å²) in [7, 11) is -2.83. The van der Waals surface area contributed by atoms with E-state index in [9.17, 15) is 22.5 Å². The highest BCUT2D eigenvalue weighted by Crippen LogP contribution is 2.36. The molecule has 1 fully saturated rings. The van der Waals surface area contributed by atoms with Gasteiger partial charge in [-0.2, -0.15) is 18.2 Å². The number of nitrogens with zero attached hydrogens (tertiary/aromatic N) is 2. The summed E-state index contributed by atoms with van der Waals surface area (Å²) in [6.45, 7) is 2.82. The number of rotatable bonds is 7. The van der Waals surface area contributed by atoms with Gasteiger partial charge in [-0.1, -0.05) is 0 Å². The zero-order chi connectivity index (χ0) is 21.4. The molecule has 158 valence electrons. The van der Waals surface area contributed by atoms with Crippen molar-refractivity contribution in [2.24, 2.45) is 0 Å². The molecule has 3 atom stereocenters. The van der Waals surface area contributed by atoms with Crippen molar-refractivity contribution >= 4 is 21.4 Å². The van der Waals surface area contributed by atoms with Crippen LogP contribution >= 0.6 is 0 Å². The highest BCUT2D eigenvalue weighted by Gasteiger charge is 2.37. The second-order valence-electron chi connectivity index (χ2n) is 6.92. The molecular formula is C18H21F3N4O3S. The maximum absolute atomic E-state index is 13.2. The Bertz CT molecular complexity index is 975. The molecule has 0 bridgehead atoms. The van der Waals surface area contributed by atoms with Crippen molar-refractivity contribution in [1.29, 1.82) is 4.78 Å². The van der Waals surface area contributed by atoms with E-state index in [0.29, 0.717) is 16.8 Å². The maximum atomic E-state index is 13.2. The quantitative estimate of drug-likeness (QED) is 0.614. The Balaban J connectivity index is 1.83. The molecule has 0 spiro atoms. The van der Waals surface area contributed by atoms with Crippen molar-refractivity contribution in [3.05, 3.63) is 36.0 Å². The molecule has 1 heterocycles. The Hall–Kier alpha value is -2.40. The average Bonchev–Trinajstić information content (AvgIpc) is 3.47. The molecule has 3 rings (SSSR count). The lowest BCUT2D eigenvalue weighted by Gasteiger charge is -2.20. The molecule has 0 saturated heterocycles. The molecule has 1 aliphatic rings. The fourth-order valence-electron chi connectivity index (χ4n) is 2.45. The molecule has 1 aromatic heterocycles. The number of hydrogen-bond acceptors (Lipinski definition) is 7. The van der Waals surface area contributed by atoms with Crippen LogP contribution in [0.1, 0.15) is 32.3 Å². The van der Waals surface area contributed by atoms with Crippen LogP contribution in [0.15, 0.2) is 35.4 Å². The van der Waals surface area contributed by atoms with Crippen LogP contribution in [0, 0.1) is 4.78 Å². The third-order valence-corrected chi connectivity index (χ3v) is 6.87. The molecule has 0 aliphatic heterocycles. The number of aliphatic hydroxyl groups excluding tert-OH is 1. The molecular weight excluding hydrogens is 409 g/mol. The Labute approximate surface area is 166 Å². The molecule has 1 aromatic carbocycles. The van der Waals surface area contributed by atoms with E-state index in [4.69, 9.17) is 9.52 Å². The van der Waals surface area contributed by atoms with Gasteiger partial charge in [-0.15, -0.1) is 0 Å². The molecule has 1 aliphatic carbocycles. The summed E-state index contributed by atoms with van der Waals surface area (Å²) in [5.74, 6) is -0.824. The number of nitrogens with one attached hydrogen (secondary N) is 2. The van der Waals surface area contributed by atoms with Crippen molar-refractivity contribution in [2.75, 3.05) is 5.32 Å². The van der Waals surface area contributed by atoms with E-state index in [2.05, 4.69) is 15.3 Å². The first-order valence-corrected chi connectivity index (χ1v) is 10.5. The predicted octanol–water partition coefficient (Wildman–Crippen LogP) is 3.96. The lowest BCUT2D eigenvalue weighted by molar-refractivity contribution is -0.140. The van der Waals surface area contributed by atoms with E-state index < -0.39 is 39.6 Å². The maximum Gasteiger partial charge on any atom is 0.423 e. The Morgan fingerprint density at radius 2 is 1.90 bits per heavy atom. The van der Waals surface area contributed by atoms with Gasteiger partial charge in [0.1, 0.15) is 11.7 Å². The summed E-state index contributed by atoms with van der Waals surface area (Å²) in [6, 6.07) is 6.22. The lowest BCUT2D eigenvalue weighted by atomic mass is 10.2. The molecule has 7 nitrogen and oxygen atoms in total. The number of anilines is 2. The predicted molar refractivity (Wildman–Crippen MR) is 101 cm³/mol. The molecule has 11 heteroatoms. The topological polar surface area (TPSA) is 108 Å². The van der Waals surface area contributed by atoms with E-state index in [1.54, 1.807) is 24.3 Å². The number of halogens is 3. The Morgan fingerprint density at radius 1 is 1.28 bits per heavy atom. The molecule has 3 N–H and O–H groups in total. The van der Waals surface area contributed by atoms with Crippen LogP contribution in [0.3, 0.4) is 0 Å². The number of benzene rings is 1. The van der Waals surface area contributed by atoms with Crippen LogP contribution in [-0.4, -0.2) is 36.7 Å². The molecule has 0 radical (unpaired) electrons. The molecule has 1 saturated carbocycles. The van der Waals surface area contributed by atoms with Gasteiger partial charge in [-0.05, 0) is 51.0 Å². The van der Waals surface area contributed by atoms with Gasteiger partial charge >= 0.3 is 6.18 Å². The van der Waals surface area contributed by atoms with Crippen LogP contribution in [0.5, 0.6) is 5.88 Å². The van der Waals surface area contributed by atoms with Gasteiger partial charge in [0.2, 0.25) is 11.8 Å². The van der Waals surface area contributed by atoms with Crippen LogP contribution in [0.2, 0.25) is 0 Å². The third kappa shape index (κ3) is 4.96. The smallest absolute Gasteiger partial charge is 0.423 e. The second-order valence-corrected chi connectivity index (χ2v) is 9.26. The van der Waals surface area contributed by atoms with Gasteiger partial charge in [-0.25, -0.2) is 14.0 Å². The Morgan fingerprint density at radius 3 is 2.41 bits per heavy atom. The van der Waals surface area contributed by atoms with Gasteiger partial charge < -0.3 is 15.2 Å². The lowest BCUT2D eigenvalue weighted by Crippen LogP contribution is -2.27. The first kappa shape index (κ1) is 21.3. The minimum atomic E-state index is -4.72. The summed E-state index contributed by atoms with van der Waals surface area (Å²) < 4.78 is 65.2. The van der Waals surface area contributed by atoms with E-state index in [0.717, 1.165) is 12.8 Å². The van der Waals surface area contributed by atoms with Crippen LogP contribution < -0.4 is 10.1 Å². The standard InChI is InChI=1S/C18H21F3N4O3S/c1-10(26)11(2)28-16-15(18(19,20)21)9-23-17(25-16)24-12-3-5-13(6-4-12)29(22,27)14-7-8-14/h3-6,9-11,14,22,26H,7-8H2,1-2H3,(H,23,24,25)/t10-,11+,29?/m0/s1. The molecule has 29 heavy (non-hydrogen) atoms. The van der Waals surface area contributed by atoms with Crippen molar-refractivity contribution < 1.29 is 27.2 Å². The average molecular weight is 430 g/mol. The zero-order valence-electron chi connectivity index (χ0n) is 15.7. The summed E-state index contributed by atoms with van der Waals surface area (Å²) >= 11 is 0. The van der Waals surface area contributed by atoms with Crippen molar-refractivity contribution in [3.8, 4) is 5.88 Å². The van der Waals surface area contributed by atoms with Crippen LogP contribution in [0.25, 0.3) is 0 Å². The molecule has 1 unspecified atom stereocenters. The summed E-state index contributed by atoms with van der Waals surface area (Å²) in [4.78, 5) is 7.89. The first-order chi connectivity index (χ1) is 13.5. The van der Waals surface area contributed by atoms with E-state index in [-0.39, 0.29) is 11.2 Å². The largest absolute Gasteiger partial charge is 0.471 e. The number of aliphatic hydroxyl groups is 1. The SMILES string of the molecule is C[C@H](O)[C@@H](C)Oc1nc(Nc2ccc(S(=N)(=O)C3CC3)cc2)ncc1C(F)(F)F. The zero-order valence-corrected chi connectivity index (χ0v) is 16.5. The Kier molecular flexibility index (Phi) is 5.72. The summed E-state index contributed by atoms with van der Waals surface area (Å²) in [6.07, 6.45) is -4.47. The second kappa shape index (κ2) is 7.79. The van der Waals surface area contributed by atoms with Gasteiger partial charge in [-0.3, -0.25) is 0 Å². The minimum absolute atomic E-state index is 0.116. The van der Waals surface area contributed by atoms with Crippen molar-refractivity contribution in [1.82, 2.24) is 9.97 Å². The van der Waals surface area contributed by atoms with Crippen LogP contribution in [0.4, 0.5) is 24.8 Å². The summed E-state index contributed by atoms with van der Waals surface area (Å²) in [5, 5.41) is 12.2. The normalized spacial score (nSPS) is 18.6. The fourth-order valence-corrected chi connectivity index (χ4v) is 4.17. The van der Waals surface area contributed by atoms with E-state index in [1.165, 1.54) is 13.8 Å². The third-order valence-electron chi connectivity index (χ3n) is 4.49. The highest BCUT2D eigenvalue weighted by molar-refractivity contribution is 7.93. The number of alkyl halides is 3. The highest BCUT2D eigenvalue weighted by atomic mass is 32.2. The number of hydrogen-bond donors (Lipinski definition) is 3. The molecule has 0 amide bonds. The fraction of sp³-hybridized carbons (Fsp3) is 0.444. The van der Waals surface area contributed by atoms with Gasteiger partial charge in [0.15, 0.2) is 0 Å². The van der Waals surface area contributed by atoms with Crippen molar-refractivity contribution in [2.45, 2.75) is 55.2 Å². The molecule has 2 aromatic rings. The van der Waals surface area contributed by atoms with Gasteiger partial charge in [0.05, 0.1) is 15.8 Å².